The van der Waals surface area contributed by atoms with Gasteiger partial charge in [-0.25, -0.2) is 9.97 Å². The molecule has 1 rings (SSSR count). The van der Waals surface area contributed by atoms with E-state index in [0.717, 1.165) is 24.2 Å². The normalized spacial score (nSPS) is 10.7. The standard InChI is InChI=1S/C12H19N3O/c1-4-6-8-16-12-10(7-5-2)11(13-3)14-9-15-12/h4,6,9H,5,7-8H2,1-3H3,(H,13,14,15)/b6-4+. The zero-order valence-electron chi connectivity index (χ0n) is 10.2. The molecule has 0 spiro atoms. The topological polar surface area (TPSA) is 47.0 Å². The molecule has 16 heavy (non-hydrogen) atoms. The molecule has 0 atom stereocenters. The van der Waals surface area contributed by atoms with Crippen LogP contribution in [0.1, 0.15) is 25.8 Å². The number of aromatic nitrogens is 2. The Labute approximate surface area is 96.8 Å². The summed E-state index contributed by atoms with van der Waals surface area (Å²) in [5, 5.41) is 3.06. The van der Waals surface area contributed by atoms with Crippen molar-refractivity contribution in [1.29, 1.82) is 0 Å². The van der Waals surface area contributed by atoms with Crippen molar-refractivity contribution in [3.8, 4) is 5.88 Å². The van der Waals surface area contributed by atoms with Crippen molar-refractivity contribution < 1.29 is 4.74 Å². The van der Waals surface area contributed by atoms with E-state index >= 15 is 0 Å². The largest absolute Gasteiger partial charge is 0.473 e. The molecule has 0 unspecified atom stereocenters. The first-order valence-corrected chi connectivity index (χ1v) is 5.59. The van der Waals surface area contributed by atoms with Gasteiger partial charge in [0.2, 0.25) is 5.88 Å². The molecule has 0 fully saturated rings. The predicted molar refractivity (Wildman–Crippen MR) is 65.9 cm³/mol. The molecule has 0 aromatic carbocycles. The van der Waals surface area contributed by atoms with Crippen LogP contribution >= 0.6 is 0 Å². The van der Waals surface area contributed by atoms with Crippen LogP contribution in [0.3, 0.4) is 0 Å². The summed E-state index contributed by atoms with van der Waals surface area (Å²) in [5.41, 5.74) is 1.05. The van der Waals surface area contributed by atoms with Gasteiger partial charge in [0.15, 0.2) is 0 Å². The van der Waals surface area contributed by atoms with Gasteiger partial charge in [-0.1, -0.05) is 25.5 Å². The van der Waals surface area contributed by atoms with Gasteiger partial charge in [0, 0.05) is 7.05 Å². The van der Waals surface area contributed by atoms with Gasteiger partial charge in [-0.15, -0.1) is 0 Å². The fourth-order valence-electron chi connectivity index (χ4n) is 1.43. The van der Waals surface area contributed by atoms with Crippen molar-refractivity contribution in [2.75, 3.05) is 19.0 Å². The first-order chi connectivity index (χ1) is 7.83. The molecule has 0 saturated heterocycles. The van der Waals surface area contributed by atoms with Crippen LogP contribution in [0.5, 0.6) is 5.88 Å². The van der Waals surface area contributed by atoms with E-state index in [9.17, 15) is 0 Å². The van der Waals surface area contributed by atoms with Crippen LogP contribution in [0, 0.1) is 0 Å². The Bertz CT molecular complexity index is 350. The lowest BCUT2D eigenvalue weighted by Gasteiger charge is -2.11. The molecule has 4 nitrogen and oxygen atoms in total. The van der Waals surface area contributed by atoms with E-state index in [1.807, 2.05) is 26.1 Å². The lowest BCUT2D eigenvalue weighted by Crippen LogP contribution is -2.05. The van der Waals surface area contributed by atoms with Gasteiger partial charge in [0.1, 0.15) is 18.8 Å². The van der Waals surface area contributed by atoms with Crippen LogP contribution in [0.25, 0.3) is 0 Å². The highest BCUT2D eigenvalue weighted by atomic mass is 16.5. The van der Waals surface area contributed by atoms with E-state index in [0.29, 0.717) is 12.5 Å². The number of hydrogen-bond donors (Lipinski definition) is 1. The predicted octanol–water partition coefficient (Wildman–Crippen LogP) is 2.43. The third-order valence-corrected chi connectivity index (χ3v) is 2.19. The van der Waals surface area contributed by atoms with Crippen LogP contribution in [-0.2, 0) is 6.42 Å². The zero-order valence-corrected chi connectivity index (χ0v) is 10.2. The number of anilines is 1. The maximum atomic E-state index is 5.59. The van der Waals surface area contributed by atoms with Crippen molar-refractivity contribution in [3.05, 3.63) is 24.0 Å². The van der Waals surface area contributed by atoms with Crippen molar-refractivity contribution in [2.45, 2.75) is 26.7 Å². The lowest BCUT2D eigenvalue weighted by molar-refractivity contribution is 0.343. The average Bonchev–Trinajstić information content (AvgIpc) is 2.31. The lowest BCUT2D eigenvalue weighted by atomic mass is 10.2. The Morgan fingerprint density at radius 1 is 1.44 bits per heavy atom. The van der Waals surface area contributed by atoms with Crippen LogP contribution in [-0.4, -0.2) is 23.6 Å². The van der Waals surface area contributed by atoms with E-state index in [-0.39, 0.29) is 0 Å². The van der Waals surface area contributed by atoms with E-state index in [2.05, 4.69) is 22.2 Å². The van der Waals surface area contributed by atoms with Gasteiger partial charge < -0.3 is 10.1 Å². The Balaban J connectivity index is 2.87. The molecule has 0 saturated carbocycles. The number of allylic oxidation sites excluding steroid dienone is 1. The Morgan fingerprint density at radius 3 is 2.88 bits per heavy atom. The summed E-state index contributed by atoms with van der Waals surface area (Å²) in [7, 11) is 1.86. The highest BCUT2D eigenvalue weighted by molar-refractivity contribution is 5.48. The van der Waals surface area contributed by atoms with Crippen LogP contribution in [0.4, 0.5) is 5.82 Å². The summed E-state index contributed by atoms with van der Waals surface area (Å²) in [6.45, 7) is 4.64. The third kappa shape index (κ3) is 3.22. The summed E-state index contributed by atoms with van der Waals surface area (Å²) >= 11 is 0. The van der Waals surface area contributed by atoms with E-state index < -0.39 is 0 Å². The maximum absolute atomic E-state index is 5.59. The second-order valence-electron chi connectivity index (χ2n) is 3.39. The Morgan fingerprint density at radius 2 is 2.25 bits per heavy atom. The van der Waals surface area contributed by atoms with Crippen LogP contribution in [0.15, 0.2) is 18.5 Å². The molecule has 0 aliphatic rings. The van der Waals surface area contributed by atoms with Gasteiger partial charge in [-0.05, 0) is 13.3 Å². The molecular weight excluding hydrogens is 202 g/mol. The molecule has 1 aromatic rings. The molecule has 0 aliphatic carbocycles. The fourth-order valence-corrected chi connectivity index (χ4v) is 1.43. The van der Waals surface area contributed by atoms with Gasteiger partial charge in [0.05, 0.1) is 5.56 Å². The molecule has 4 heteroatoms. The number of ether oxygens (including phenoxy) is 1. The minimum absolute atomic E-state index is 0.549. The zero-order chi connectivity index (χ0) is 11.8. The Kier molecular flexibility index (Phi) is 5.32. The first-order valence-electron chi connectivity index (χ1n) is 5.59. The molecule has 0 radical (unpaired) electrons. The number of rotatable bonds is 6. The van der Waals surface area contributed by atoms with Gasteiger partial charge in [-0.2, -0.15) is 0 Å². The molecule has 1 N–H and O–H groups in total. The third-order valence-electron chi connectivity index (χ3n) is 2.19. The second-order valence-corrected chi connectivity index (χ2v) is 3.39. The van der Waals surface area contributed by atoms with E-state index in [4.69, 9.17) is 4.74 Å². The highest BCUT2D eigenvalue weighted by Gasteiger charge is 2.10. The number of nitrogens with zero attached hydrogens (tertiary/aromatic N) is 2. The maximum Gasteiger partial charge on any atom is 0.222 e. The van der Waals surface area contributed by atoms with Crippen LogP contribution in [0.2, 0.25) is 0 Å². The summed E-state index contributed by atoms with van der Waals surface area (Å²) < 4.78 is 5.59. The minimum atomic E-state index is 0.549. The van der Waals surface area contributed by atoms with Crippen molar-refractivity contribution in [2.24, 2.45) is 0 Å². The molecule has 1 heterocycles. The van der Waals surface area contributed by atoms with E-state index in [1.54, 1.807) is 0 Å². The summed E-state index contributed by atoms with van der Waals surface area (Å²) in [6, 6.07) is 0. The minimum Gasteiger partial charge on any atom is -0.473 e. The smallest absolute Gasteiger partial charge is 0.222 e. The number of nitrogens with one attached hydrogen (secondary N) is 1. The molecule has 0 bridgehead atoms. The SMILES string of the molecule is C/C=C/COc1ncnc(NC)c1CCC. The molecular formula is C12H19N3O. The first kappa shape index (κ1) is 12.5. The Hall–Kier alpha value is -1.58. The molecule has 1 aromatic heterocycles. The number of hydrogen-bond acceptors (Lipinski definition) is 4. The van der Waals surface area contributed by atoms with Crippen molar-refractivity contribution >= 4 is 5.82 Å². The van der Waals surface area contributed by atoms with Gasteiger partial charge >= 0.3 is 0 Å². The van der Waals surface area contributed by atoms with E-state index in [1.165, 1.54) is 6.33 Å². The average molecular weight is 221 g/mol. The van der Waals surface area contributed by atoms with Crippen molar-refractivity contribution in [3.63, 3.8) is 0 Å². The molecule has 0 aliphatic heterocycles. The van der Waals surface area contributed by atoms with Gasteiger partial charge in [0.25, 0.3) is 0 Å². The summed E-state index contributed by atoms with van der Waals surface area (Å²) in [4.78, 5) is 8.35. The van der Waals surface area contributed by atoms with Crippen LogP contribution < -0.4 is 10.1 Å². The monoisotopic (exact) mass is 221 g/mol. The fraction of sp³-hybridized carbons (Fsp3) is 0.500. The summed E-state index contributed by atoms with van der Waals surface area (Å²) in [5.74, 6) is 1.53. The quantitative estimate of drug-likeness (QED) is 0.749. The molecule has 0 amide bonds. The molecule has 88 valence electrons. The van der Waals surface area contributed by atoms with Crippen molar-refractivity contribution in [1.82, 2.24) is 9.97 Å². The second kappa shape index (κ2) is 6.82. The highest BCUT2D eigenvalue weighted by Crippen LogP contribution is 2.23. The summed E-state index contributed by atoms with van der Waals surface area (Å²) in [6.07, 6.45) is 7.40. The van der Waals surface area contributed by atoms with Gasteiger partial charge in [-0.3, -0.25) is 0 Å².